The Kier molecular flexibility index (Phi) is 5.16. The van der Waals surface area contributed by atoms with Gasteiger partial charge in [-0.1, -0.05) is 66.7 Å². The van der Waals surface area contributed by atoms with E-state index in [0.717, 1.165) is 28.9 Å². The molecule has 3 aromatic rings. The van der Waals surface area contributed by atoms with Crippen molar-refractivity contribution in [1.29, 1.82) is 0 Å². The van der Waals surface area contributed by atoms with Crippen LogP contribution in [0, 0.1) is 6.92 Å². The van der Waals surface area contributed by atoms with Crippen molar-refractivity contribution in [3.63, 3.8) is 0 Å². The molecule has 0 saturated carbocycles. The third-order valence-electron chi connectivity index (χ3n) is 5.56. The zero-order chi connectivity index (χ0) is 19.5. The van der Waals surface area contributed by atoms with E-state index in [-0.39, 0.29) is 11.9 Å². The molecule has 4 rings (SSSR count). The molecule has 1 heterocycles. The first-order chi connectivity index (χ1) is 13.6. The number of fused-ring (bicyclic) bond motifs is 1. The van der Waals surface area contributed by atoms with Crippen molar-refractivity contribution in [3.8, 4) is 5.75 Å². The van der Waals surface area contributed by atoms with Crippen LogP contribution in [0.5, 0.6) is 5.75 Å². The molecule has 0 bridgehead atoms. The van der Waals surface area contributed by atoms with E-state index >= 15 is 0 Å². The third kappa shape index (κ3) is 3.53. The van der Waals surface area contributed by atoms with Crippen molar-refractivity contribution >= 4 is 5.91 Å². The number of hydrogen-bond acceptors (Lipinski definition) is 2. The largest absolute Gasteiger partial charge is 0.492 e. The lowest BCUT2D eigenvalue weighted by atomic mass is 10.0. The van der Waals surface area contributed by atoms with E-state index < -0.39 is 0 Å². The van der Waals surface area contributed by atoms with Gasteiger partial charge in [0, 0.05) is 13.0 Å². The first kappa shape index (κ1) is 18.3. The highest BCUT2D eigenvalue weighted by atomic mass is 16.5. The van der Waals surface area contributed by atoms with E-state index in [0.29, 0.717) is 18.7 Å². The van der Waals surface area contributed by atoms with Crippen LogP contribution in [0.1, 0.15) is 45.6 Å². The van der Waals surface area contributed by atoms with Gasteiger partial charge < -0.3 is 9.64 Å². The summed E-state index contributed by atoms with van der Waals surface area (Å²) in [4.78, 5) is 15.6. The van der Waals surface area contributed by atoms with Crippen molar-refractivity contribution in [2.75, 3.05) is 6.61 Å². The summed E-state index contributed by atoms with van der Waals surface area (Å²) < 4.78 is 5.81. The molecule has 0 spiro atoms. The molecule has 0 N–H and O–H groups in total. The van der Waals surface area contributed by atoms with Crippen molar-refractivity contribution in [2.45, 2.75) is 32.9 Å². The molecule has 1 amide bonds. The van der Waals surface area contributed by atoms with Crippen LogP contribution in [0.15, 0.2) is 72.8 Å². The molecular formula is C25H25NO2. The molecule has 28 heavy (non-hydrogen) atoms. The summed E-state index contributed by atoms with van der Waals surface area (Å²) in [5.74, 6) is 0.765. The lowest BCUT2D eigenvalue weighted by Gasteiger charge is -2.31. The van der Waals surface area contributed by atoms with Gasteiger partial charge in [0.05, 0.1) is 18.2 Å². The van der Waals surface area contributed by atoms with E-state index in [1.807, 2.05) is 53.4 Å². The lowest BCUT2D eigenvalue weighted by molar-refractivity contribution is 0.0670. The highest BCUT2D eigenvalue weighted by Gasteiger charge is 2.28. The van der Waals surface area contributed by atoms with Gasteiger partial charge in [-0.15, -0.1) is 0 Å². The van der Waals surface area contributed by atoms with Gasteiger partial charge in [0.25, 0.3) is 5.91 Å². The summed E-state index contributed by atoms with van der Waals surface area (Å²) in [7, 11) is 0. The van der Waals surface area contributed by atoms with E-state index in [4.69, 9.17) is 4.74 Å². The minimum absolute atomic E-state index is 0.0124. The fourth-order valence-electron chi connectivity index (χ4n) is 3.81. The van der Waals surface area contributed by atoms with Gasteiger partial charge in [-0.2, -0.15) is 0 Å². The number of nitrogens with zero attached hydrogens (tertiary/aromatic N) is 1. The quantitative estimate of drug-likeness (QED) is 0.606. The van der Waals surface area contributed by atoms with Crippen LogP contribution in [0.25, 0.3) is 0 Å². The molecule has 0 saturated heterocycles. The fourth-order valence-corrected chi connectivity index (χ4v) is 3.81. The molecule has 1 aliphatic heterocycles. The highest BCUT2D eigenvalue weighted by molar-refractivity contribution is 5.97. The maximum absolute atomic E-state index is 13.7. The first-order valence-corrected chi connectivity index (χ1v) is 9.80. The number of carbonyl (C=O) groups excluding carboxylic acids is 1. The number of aryl methyl sites for hydroxylation is 1. The van der Waals surface area contributed by atoms with Crippen LogP contribution in [-0.2, 0) is 13.0 Å². The smallest absolute Gasteiger partial charge is 0.258 e. The number of benzene rings is 3. The number of para-hydroxylation sites is 1. The first-order valence-electron chi connectivity index (χ1n) is 9.80. The molecule has 0 radical (unpaired) electrons. The molecule has 0 aliphatic carbocycles. The minimum atomic E-state index is -0.0504. The predicted molar refractivity (Wildman–Crippen MR) is 112 cm³/mol. The van der Waals surface area contributed by atoms with E-state index in [2.05, 4.69) is 38.1 Å². The summed E-state index contributed by atoms with van der Waals surface area (Å²) in [6, 6.07) is 24.3. The maximum atomic E-state index is 13.7. The SMILES string of the molecule is Cc1ccccc1CN(C(=O)c1cccc2c1OCC2)[C@H](C)c1ccccc1. The van der Waals surface area contributed by atoms with E-state index in [1.165, 1.54) is 5.56 Å². The van der Waals surface area contributed by atoms with Crippen LogP contribution in [0.2, 0.25) is 0 Å². The standard InChI is InChI=1S/C25H25NO2/c1-18-9-6-7-12-22(18)17-26(19(2)20-10-4-3-5-11-20)25(27)23-14-8-13-21-15-16-28-24(21)23/h3-14,19H,15-17H2,1-2H3/t19-/m1/s1. The van der Waals surface area contributed by atoms with Crippen LogP contribution in [-0.4, -0.2) is 17.4 Å². The van der Waals surface area contributed by atoms with E-state index in [9.17, 15) is 4.79 Å². The third-order valence-corrected chi connectivity index (χ3v) is 5.56. The Morgan fingerprint density at radius 1 is 1.00 bits per heavy atom. The minimum Gasteiger partial charge on any atom is -0.492 e. The van der Waals surface area contributed by atoms with Crippen molar-refractivity contribution in [2.24, 2.45) is 0 Å². The monoisotopic (exact) mass is 371 g/mol. The van der Waals surface area contributed by atoms with Crippen molar-refractivity contribution in [3.05, 3.63) is 101 Å². The Labute approximate surface area is 166 Å². The van der Waals surface area contributed by atoms with Crippen LogP contribution in [0.3, 0.4) is 0 Å². The van der Waals surface area contributed by atoms with Gasteiger partial charge in [0.15, 0.2) is 0 Å². The van der Waals surface area contributed by atoms with Gasteiger partial charge >= 0.3 is 0 Å². The molecule has 1 atom stereocenters. The second-order valence-electron chi connectivity index (χ2n) is 7.34. The van der Waals surface area contributed by atoms with Crippen LogP contribution < -0.4 is 4.74 Å². The number of ether oxygens (including phenoxy) is 1. The van der Waals surface area contributed by atoms with E-state index in [1.54, 1.807) is 0 Å². The Bertz CT molecular complexity index is 981. The van der Waals surface area contributed by atoms with Gasteiger partial charge in [-0.05, 0) is 42.2 Å². The average Bonchev–Trinajstić information content (AvgIpc) is 3.22. The van der Waals surface area contributed by atoms with Crippen molar-refractivity contribution in [1.82, 2.24) is 4.90 Å². The average molecular weight is 371 g/mol. The van der Waals surface area contributed by atoms with Crippen molar-refractivity contribution < 1.29 is 9.53 Å². The molecule has 0 fully saturated rings. The van der Waals surface area contributed by atoms with Gasteiger partial charge in [-0.25, -0.2) is 0 Å². The number of rotatable bonds is 5. The molecular weight excluding hydrogens is 346 g/mol. The Hall–Kier alpha value is -3.07. The fraction of sp³-hybridized carbons (Fsp3) is 0.240. The second kappa shape index (κ2) is 7.89. The second-order valence-corrected chi connectivity index (χ2v) is 7.34. The number of amides is 1. The van der Waals surface area contributed by atoms with Crippen LogP contribution >= 0.6 is 0 Å². The topological polar surface area (TPSA) is 29.5 Å². The number of carbonyl (C=O) groups is 1. The molecule has 1 aliphatic rings. The molecule has 0 aromatic heterocycles. The maximum Gasteiger partial charge on any atom is 0.258 e. The molecule has 3 heteroatoms. The predicted octanol–water partition coefficient (Wildman–Crippen LogP) is 5.33. The zero-order valence-corrected chi connectivity index (χ0v) is 16.4. The lowest BCUT2D eigenvalue weighted by Crippen LogP contribution is -2.33. The Balaban J connectivity index is 1.73. The summed E-state index contributed by atoms with van der Waals surface area (Å²) >= 11 is 0. The summed E-state index contributed by atoms with van der Waals surface area (Å²) in [6.45, 7) is 5.39. The molecule has 3 aromatic carbocycles. The Morgan fingerprint density at radius 2 is 1.75 bits per heavy atom. The molecule has 3 nitrogen and oxygen atoms in total. The highest BCUT2D eigenvalue weighted by Crippen LogP contribution is 2.33. The zero-order valence-electron chi connectivity index (χ0n) is 16.4. The van der Waals surface area contributed by atoms with Gasteiger partial charge in [0.1, 0.15) is 5.75 Å². The molecule has 142 valence electrons. The van der Waals surface area contributed by atoms with Gasteiger partial charge in [-0.3, -0.25) is 4.79 Å². The summed E-state index contributed by atoms with van der Waals surface area (Å²) in [5, 5.41) is 0. The summed E-state index contributed by atoms with van der Waals surface area (Å²) in [5.41, 5.74) is 5.25. The van der Waals surface area contributed by atoms with Crippen LogP contribution in [0.4, 0.5) is 0 Å². The normalized spacial score (nSPS) is 13.5. The summed E-state index contributed by atoms with van der Waals surface area (Å²) in [6.07, 6.45) is 0.864. The molecule has 0 unspecified atom stereocenters. The Morgan fingerprint density at radius 3 is 2.54 bits per heavy atom. The van der Waals surface area contributed by atoms with Gasteiger partial charge in [0.2, 0.25) is 0 Å². The number of hydrogen-bond donors (Lipinski definition) is 0.